The lowest BCUT2D eigenvalue weighted by Gasteiger charge is -2.34. The summed E-state index contributed by atoms with van der Waals surface area (Å²) in [6.07, 6.45) is 4.97. The zero-order valence-corrected chi connectivity index (χ0v) is 14.1. The first kappa shape index (κ1) is 16.8. The van der Waals surface area contributed by atoms with Crippen LogP contribution in [0.4, 0.5) is 0 Å². The highest BCUT2D eigenvalue weighted by Gasteiger charge is 2.25. The molecule has 0 aromatic rings. The summed E-state index contributed by atoms with van der Waals surface area (Å²) < 4.78 is 0. The van der Waals surface area contributed by atoms with Crippen molar-refractivity contribution in [2.24, 2.45) is 11.8 Å². The van der Waals surface area contributed by atoms with Crippen molar-refractivity contribution >= 4 is 5.91 Å². The molecule has 2 fully saturated rings. The molecule has 2 aliphatic heterocycles. The molecule has 4 heteroatoms. The van der Waals surface area contributed by atoms with Gasteiger partial charge < -0.3 is 10.2 Å². The molecule has 4 nitrogen and oxygen atoms in total. The Labute approximate surface area is 130 Å². The molecule has 0 bridgehead atoms. The molecule has 0 aromatic heterocycles. The number of nitrogens with zero attached hydrogens (tertiary/aromatic N) is 2. The van der Waals surface area contributed by atoms with Gasteiger partial charge in [0.1, 0.15) is 0 Å². The van der Waals surface area contributed by atoms with Crippen LogP contribution in [0.3, 0.4) is 0 Å². The molecule has 1 N–H and O–H groups in total. The average Bonchev–Trinajstić information content (AvgIpc) is 2.90. The zero-order valence-electron chi connectivity index (χ0n) is 14.1. The highest BCUT2D eigenvalue weighted by Crippen LogP contribution is 2.16. The first-order valence-electron chi connectivity index (χ1n) is 8.78. The van der Waals surface area contributed by atoms with Crippen molar-refractivity contribution in [3.63, 3.8) is 0 Å². The van der Waals surface area contributed by atoms with Crippen LogP contribution in [0.5, 0.6) is 0 Å². The second kappa shape index (κ2) is 8.14. The Morgan fingerprint density at radius 1 is 1.33 bits per heavy atom. The fourth-order valence-corrected chi connectivity index (χ4v) is 3.65. The molecule has 2 rings (SSSR count). The fraction of sp³-hybridized carbons (Fsp3) is 0.941. The minimum absolute atomic E-state index is 0.334. The van der Waals surface area contributed by atoms with Gasteiger partial charge in [-0.25, -0.2) is 0 Å². The summed E-state index contributed by atoms with van der Waals surface area (Å²) in [6, 6.07) is 0.580. The first-order chi connectivity index (χ1) is 10.0. The van der Waals surface area contributed by atoms with Gasteiger partial charge in [0.15, 0.2) is 0 Å². The Morgan fingerprint density at radius 2 is 2.14 bits per heavy atom. The number of hydrogen-bond acceptors (Lipinski definition) is 3. The molecule has 0 radical (unpaired) electrons. The monoisotopic (exact) mass is 295 g/mol. The Balaban J connectivity index is 1.85. The van der Waals surface area contributed by atoms with Gasteiger partial charge in [-0.1, -0.05) is 20.8 Å². The van der Waals surface area contributed by atoms with Crippen LogP contribution in [-0.4, -0.2) is 61.0 Å². The highest BCUT2D eigenvalue weighted by molar-refractivity contribution is 5.78. The SMILES string of the molecule is CC(C)CN(CC(=O)N1CCCC(C)C1)CC1CCCN1. The van der Waals surface area contributed by atoms with Gasteiger partial charge >= 0.3 is 0 Å². The smallest absolute Gasteiger partial charge is 0.236 e. The van der Waals surface area contributed by atoms with Gasteiger partial charge in [0, 0.05) is 32.2 Å². The lowest BCUT2D eigenvalue weighted by atomic mass is 10.0. The first-order valence-corrected chi connectivity index (χ1v) is 8.78. The third-order valence-electron chi connectivity index (χ3n) is 4.63. The van der Waals surface area contributed by atoms with Crippen molar-refractivity contribution in [3.05, 3.63) is 0 Å². The van der Waals surface area contributed by atoms with Gasteiger partial charge in [0.25, 0.3) is 0 Å². The van der Waals surface area contributed by atoms with E-state index in [1.54, 1.807) is 0 Å². The van der Waals surface area contributed by atoms with Crippen molar-refractivity contribution in [1.29, 1.82) is 0 Å². The number of carbonyl (C=O) groups excluding carboxylic acids is 1. The van der Waals surface area contributed by atoms with Gasteiger partial charge in [-0.15, -0.1) is 0 Å². The van der Waals surface area contributed by atoms with E-state index < -0.39 is 0 Å². The fourth-order valence-electron chi connectivity index (χ4n) is 3.65. The maximum atomic E-state index is 12.6. The van der Waals surface area contributed by atoms with E-state index >= 15 is 0 Å². The van der Waals surface area contributed by atoms with Crippen LogP contribution in [0.15, 0.2) is 0 Å². The number of amides is 1. The number of likely N-dealkylation sites (tertiary alicyclic amines) is 1. The Bertz CT molecular complexity index is 326. The number of carbonyl (C=O) groups is 1. The number of piperidine rings is 1. The van der Waals surface area contributed by atoms with E-state index in [0.717, 1.165) is 32.7 Å². The molecule has 0 saturated carbocycles. The van der Waals surface area contributed by atoms with Crippen LogP contribution < -0.4 is 5.32 Å². The summed E-state index contributed by atoms with van der Waals surface area (Å²) in [7, 11) is 0. The summed E-state index contributed by atoms with van der Waals surface area (Å²) in [5, 5.41) is 3.55. The van der Waals surface area contributed by atoms with Gasteiger partial charge in [0.05, 0.1) is 6.54 Å². The summed E-state index contributed by atoms with van der Waals surface area (Å²) in [6.45, 7) is 12.4. The molecule has 0 aliphatic carbocycles. The Hall–Kier alpha value is -0.610. The minimum Gasteiger partial charge on any atom is -0.341 e. The molecule has 2 saturated heterocycles. The van der Waals surface area contributed by atoms with Gasteiger partial charge in [-0.05, 0) is 44.1 Å². The second-order valence-corrected chi connectivity index (χ2v) is 7.47. The molecule has 1 amide bonds. The molecule has 0 spiro atoms. The molecule has 2 atom stereocenters. The summed E-state index contributed by atoms with van der Waals surface area (Å²) >= 11 is 0. The summed E-state index contributed by atoms with van der Waals surface area (Å²) in [4.78, 5) is 17.0. The van der Waals surface area contributed by atoms with Crippen molar-refractivity contribution in [1.82, 2.24) is 15.1 Å². The summed E-state index contributed by atoms with van der Waals surface area (Å²) in [5.41, 5.74) is 0. The molecule has 122 valence electrons. The van der Waals surface area contributed by atoms with Gasteiger partial charge in [0.2, 0.25) is 5.91 Å². The van der Waals surface area contributed by atoms with Crippen LogP contribution >= 0.6 is 0 Å². The topological polar surface area (TPSA) is 35.6 Å². The molecule has 2 heterocycles. The second-order valence-electron chi connectivity index (χ2n) is 7.47. The normalized spacial score (nSPS) is 26.8. The van der Waals surface area contributed by atoms with E-state index in [2.05, 4.69) is 35.9 Å². The van der Waals surface area contributed by atoms with Crippen molar-refractivity contribution in [2.75, 3.05) is 39.3 Å². The molecule has 2 aliphatic rings. The standard InChI is InChI=1S/C17H33N3O/c1-14(2)10-19(12-16-7-4-8-18-16)13-17(21)20-9-5-6-15(3)11-20/h14-16,18H,4-13H2,1-3H3. The van der Waals surface area contributed by atoms with Crippen LogP contribution in [0.25, 0.3) is 0 Å². The van der Waals surface area contributed by atoms with E-state index in [1.165, 1.54) is 25.7 Å². The lowest BCUT2D eigenvalue weighted by molar-refractivity contribution is -0.134. The number of hydrogen-bond donors (Lipinski definition) is 1. The highest BCUT2D eigenvalue weighted by atomic mass is 16.2. The Morgan fingerprint density at radius 3 is 2.76 bits per heavy atom. The van der Waals surface area contributed by atoms with Crippen LogP contribution in [0.1, 0.15) is 46.5 Å². The third kappa shape index (κ3) is 5.59. The molecular formula is C17H33N3O. The van der Waals surface area contributed by atoms with Gasteiger partial charge in [-0.2, -0.15) is 0 Å². The van der Waals surface area contributed by atoms with E-state index in [4.69, 9.17) is 0 Å². The van der Waals surface area contributed by atoms with Crippen LogP contribution in [-0.2, 0) is 4.79 Å². The predicted octanol–water partition coefficient (Wildman–Crippen LogP) is 1.95. The predicted molar refractivity (Wildman–Crippen MR) is 87.3 cm³/mol. The largest absolute Gasteiger partial charge is 0.341 e. The number of nitrogens with one attached hydrogen (secondary N) is 1. The van der Waals surface area contributed by atoms with E-state index in [0.29, 0.717) is 30.3 Å². The van der Waals surface area contributed by atoms with Crippen LogP contribution in [0, 0.1) is 11.8 Å². The Kier molecular flexibility index (Phi) is 6.49. The van der Waals surface area contributed by atoms with E-state index in [9.17, 15) is 4.79 Å². The molecule has 0 aromatic carbocycles. The van der Waals surface area contributed by atoms with Crippen molar-refractivity contribution in [3.8, 4) is 0 Å². The van der Waals surface area contributed by atoms with Crippen molar-refractivity contribution < 1.29 is 4.79 Å². The maximum absolute atomic E-state index is 12.6. The van der Waals surface area contributed by atoms with Crippen LogP contribution in [0.2, 0.25) is 0 Å². The molecule has 2 unspecified atom stereocenters. The maximum Gasteiger partial charge on any atom is 0.236 e. The molecular weight excluding hydrogens is 262 g/mol. The van der Waals surface area contributed by atoms with Crippen molar-refractivity contribution in [2.45, 2.75) is 52.5 Å². The quantitative estimate of drug-likeness (QED) is 0.813. The molecule has 21 heavy (non-hydrogen) atoms. The zero-order chi connectivity index (χ0) is 15.2. The van der Waals surface area contributed by atoms with E-state index in [1.807, 2.05) is 0 Å². The lowest BCUT2D eigenvalue weighted by Crippen LogP contribution is -2.48. The van der Waals surface area contributed by atoms with E-state index in [-0.39, 0.29) is 0 Å². The minimum atomic E-state index is 0.334. The summed E-state index contributed by atoms with van der Waals surface area (Å²) in [5.74, 6) is 1.61. The number of rotatable bonds is 6. The van der Waals surface area contributed by atoms with Gasteiger partial charge in [-0.3, -0.25) is 9.69 Å². The average molecular weight is 295 g/mol. The third-order valence-corrected chi connectivity index (χ3v) is 4.63.